The molecule has 1 heterocycles. The summed E-state index contributed by atoms with van der Waals surface area (Å²) in [6, 6.07) is 20.8. The van der Waals surface area contributed by atoms with Crippen LogP contribution in [0.25, 0.3) is 16.9 Å². The molecule has 4 rings (SSSR count). The van der Waals surface area contributed by atoms with Gasteiger partial charge in [-0.3, -0.25) is 4.79 Å². The fourth-order valence-corrected chi connectivity index (χ4v) is 3.19. The number of halogens is 1. The number of anilines is 1. The third-order valence-corrected chi connectivity index (χ3v) is 4.96. The molecule has 0 saturated carbocycles. The van der Waals surface area contributed by atoms with E-state index in [4.69, 9.17) is 11.6 Å². The topological polar surface area (TPSA) is 59.8 Å². The minimum absolute atomic E-state index is 0.151. The van der Waals surface area contributed by atoms with Gasteiger partial charge >= 0.3 is 0 Å². The summed E-state index contributed by atoms with van der Waals surface area (Å²) in [6.07, 6.45) is 1.70. The highest BCUT2D eigenvalue weighted by atomic mass is 35.5. The number of nitrogens with zero attached hydrogens (tertiary/aromatic N) is 3. The minimum Gasteiger partial charge on any atom is -0.322 e. The average Bonchev–Trinajstić information content (AvgIpc) is 3.21. The number of carbonyl (C=O) groups is 1. The van der Waals surface area contributed by atoms with E-state index in [1.165, 1.54) is 0 Å². The van der Waals surface area contributed by atoms with Gasteiger partial charge in [0.2, 0.25) is 0 Å². The van der Waals surface area contributed by atoms with Gasteiger partial charge in [-0.15, -0.1) is 5.10 Å². The predicted molar refractivity (Wildman–Crippen MR) is 116 cm³/mol. The number of benzene rings is 3. The summed E-state index contributed by atoms with van der Waals surface area (Å²) in [5.74, 6) is -0.151. The molecule has 5 nitrogen and oxygen atoms in total. The molecule has 0 fully saturated rings. The second-order valence-corrected chi connectivity index (χ2v) is 7.29. The first kappa shape index (κ1) is 18.9. The Kier molecular flexibility index (Phi) is 5.14. The van der Waals surface area contributed by atoms with E-state index in [9.17, 15) is 4.79 Å². The zero-order chi connectivity index (χ0) is 20.4. The lowest BCUT2D eigenvalue weighted by Crippen LogP contribution is -2.13. The zero-order valence-electron chi connectivity index (χ0n) is 16.1. The Balaban J connectivity index is 1.57. The molecule has 0 aliphatic rings. The number of amides is 1. The van der Waals surface area contributed by atoms with Crippen LogP contribution < -0.4 is 5.32 Å². The highest BCUT2D eigenvalue weighted by Gasteiger charge is 2.11. The van der Waals surface area contributed by atoms with Gasteiger partial charge in [0.1, 0.15) is 0 Å². The summed E-state index contributed by atoms with van der Waals surface area (Å²) in [4.78, 5) is 12.6. The fourth-order valence-electron chi connectivity index (χ4n) is 3.06. The summed E-state index contributed by atoms with van der Waals surface area (Å²) in [7, 11) is 0. The second kappa shape index (κ2) is 7.89. The maximum Gasteiger partial charge on any atom is 0.255 e. The van der Waals surface area contributed by atoms with Crippen molar-refractivity contribution < 1.29 is 4.79 Å². The van der Waals surface area contributed by atoms with Crippen molar-refractivity contribution in [2.24, 2.45) is 0 Å². The Labute approximate surface area is 174 Å². The van der Waals surface area contributed by atoms with Gasteiger partial charge in [0, 0.05) is 21.8 Å². The Morgan fingerprint density at radius 2 is 1.69 bits per heavy atom. The van der Waals surface area contributed by atoms with Gasteiger partial charge in [0.05, 0.1) is 17.6 Å². The molecule has 0 saturated heterocycles. The van der Waals surface area contributed by atoms with Gasteiger partial charge in [-0.25, -0.2) is 4.68 Å². The average molecular weight is 403 g/mol. The molecule has 1 amide bonds. The molecule has 1 N–H and O–H groups in total. The number of hydrogen-bond donors (Lipinski definition) is 1. The minimum atomic E-state index is -0.151. The van der Waals surface area contributed by atoms with Crippen LogP contribution in [0.5, 0.6) is 0 Å². The largest absolute Gasteiger partial charge is 0.322 e. The second-order valence-electron chi connectivity index (χ2n) is 6.86. The van der Waals surface area contributed by atoms with E-state index in [1.54, 1.807) is 23.0 Å². The Bertz CT molecular complexity index is 1160. The van der Waals surface area contributed by atoms with Crippen molar-refractivity contribution in [1.29, 1.82) is 0 Å². The molecule has 0 spiro atoms. The number of nitrogens with one attached hydrogen (secondary N) is 1. The van der Waals surface area contributed by atoms with E-state index in [2.05, 4.69) is 15.6 Å². The van der Waals surface area contributed by atoms with Crippen molar-refractivity contribution in [3.63, 3.8) is 0 Å². The van der Waals surface area contributed by atoms with Crippen molar-refractivity contribution >= 4 is 23.2 Å². The molecule has 4 aromatic rings. The van der Waals surface area contributed by atoms with Crippen LogP contribution in [-0.4, -0.2) is 20.9 Å². The first-order chi connectivity index (χ1) is 14.0. The Morgan fingerprint density at radius 3 is 2.41 bits per heavy atom. The number of aromatic nitrogens is 3. The molecule has 29 heavy (non-hydrogen) atoms. The fraction of sp³-hybridized carbons (Fsp3) is 0.0870. The van der Waals surface area contributed by atoms with Crippen LogP contribution in [0.4, 0.5) is 5.69 Å². The van der Waals surface area contributed by atoms with Gasteiger partial charge in [-0.1, -0.05) is 41.1 Å². The Morgan fingerprint density at radius 1 is 0.966 bits per heavy atom. The number of rotatable bonds is 4. The molecular weight excluding hydrogens is 384 g/mol. The van der Waals surface area contributed by atoms with Gasteiger partial charge < -0.3 is 5.32 Å². The summed E-state index contributed by atoms with van der Waals surface area (Å²) >= 11 is 5.98. The molecular formula is C23H19ClN4O. The smallest absolute Gasteiger partial charge is 0.255 e. The molecule has 144 valence electrons. The first-order valence-corrected chi connectivity index (χ1v) is 9.55. The number of carbonyl (C=O) groups excluding carboxylic acids is 1. The summed E-state index contributed by atoms with van der Waals surface area (Å²) in [5.41, 5.74) is 6.13. The van der Waals surface area contributed by atoms with Crippen LogP contribution in [0.15, 0.2) is 72.9 Å². The number of hydrogen-bond acceptors (Lipinski definition) is 3. The van der Waals surface area contributed by atoms with E-state index >= 15 is 0 Å². The lowest BCUT2D eigenvalue weighted by atomic mass is 10.1. The molecule has 3 aromatic carbocycles. The van der Waals surface area contributed by atoms with Crippen molar-refractivity contribution in [1.82, 2.24) is 15.0 Å². The first-order valence-electron chi connectivity index (χ1n) is 9.17. The predicted octanol–water partition coefficient (Wildman–Crippen LogP) is 5.46. The SMILES string of the molecule is Cc1ccc(C)c(NC(=O)c2ccc(-n3nncc3-c3ccc(Cl)cc3)cc2)c1. The number of aryl methyl sites for hydroxylation is 2. The van der Waals surface area contributed by atoms with Crippen LogP contribution in [-0.2, 0) is 0 Å². The summed E-state index contributed by atoms with van der Waals surface area (Å²) in [5, 5.41) is 11.9. The molecule has 0 atom stereocenters. The van der Waals surface area contributed by atoms with Crippen LogP contribution >= 0.6 is 11.6 Å². The molecule has 0 aliphatic heterocycles. The quantitative estimate of drug-likeness (QED) is 0.493. The molecule has 0 radical (unpaired) electrons. The van der Waals surface area contributed by atoms with Crippen molar-refractivity contribution in [3.05, 3.63) is 94.6 Å². The molecule has 0 aliphatic carbocycles. The highest BCUT2D eigenvalue weighted by Crippen LogP contribution is 2.24. The molecule has 0 bridgehead atoms. The maximum absolute atomic E-state index is 12.6. The van der Waals surface area contributed by atoms with E-state index in [-0.39, 0.29) is 5.91 Å². The molecule has 0 unspecified atom stereocenters. The van der Waals surface area contributed by atoms with E-state index in [1.807, 2.05) is 68.4 Å². The highest BCUT2D eigenvalue weighted by molar-refractivity contribution is 6.30. The normalized spacial score (nSPS) is 10.7. The molecule has 1 aromatic heterocycles. The monoisotopic (exact) mass is 402 g/mol. The summed E-state index contributed by atoms with van der Waals surface area (Å²) in [6.45, 7) is 3.97. The third kappa shape index (κ3) is 4.05. The van der Waals surface area contributed by atoms with Gasteiger partial charge in [-0.2, -0.15) is 0 Å². The molecule has 6 heteroatoms. The maximum atomic E-state index is 12.6. The van der Waals surface area contributed by atoms with Gasteiger partial charge in [0.25, 0.3) is 5.91 Å². The van der Waals surface area contributed by atoms with Crippen LogP contribution in [0, 0.1) is 13.8 Å². The third-order valence-electron chi connectivity index (χ3n) is 4.70. The van der Waals surface area contributed by atoms with Crippen molar-refractivity contribution in [2.45, 2.75) is 13.8 Å². The van der Waals surface area contributed by atoms with E-state index < -0.39 is 0 Å². The van der Waals surface area contributed by atoms with Gasteiger partial charge in [-0.05, 0) is 67.4 Å². The van der Waals surface area contributed by atoms with Crippen LogP contribution in [0.2, 0.25) is 5.02 Å². The lowest BCUT2D eigenvalue weighted by molar-refractivity contribution is 0.102. The van der Waals surface area contributed by atoms with E-state index in [0.717, 1.165) is 33.8 Å². The summed E-state index contributed by atoms with van der Waals surface area (Å²) < 4.78 is 1.73. The van der Waals surface area contributed by atoms with Crippen LogP contribution in [0.3, 0.4) is 0 Å². The lowest BCUT2D eigenvalue weighted by Gasteiger charge is -2.10. The van der Waals surface area contributed by atoms with E-state index in [0.29, 0.717) is 10.6 Å². The van der Waals surface area contributed by atoms with Crippen molar-refractivity contribution in [3.8, 4) is 16.9 Å². The van der Waals surface area contributed by atoms with Crippen molar-refractivity contribution in [2.75, 3.05) is 5.32 Å². The van der Waals surface area contributed by atoms with Gasteiger partial charge in [0.15, 0.2) is 0 Å². The zero-order valence-corrected chi connectivity index (χ0v) is 16.8. The van der Waals surface area contributed by atoms with Crippen LogP contribution in [0.1, 0.15) is 21.5 Å². The Hall–Kier alpha value is -3.44. The standard InChI is InChI=1S/C23H19ClN4O/c1-15-3-4-16(2)21(13-15)26-23(29)18-7-11-20(12-8-18)28-22(14-25-27-28)17-5-9-19(24)10-6-17/h3-14H,1-2H3,(H,26,29).